The molecule has 0 aliphatic rings. The topological polar surface area (TPSA) is 47.8 Å². The lowest BCUT2D eigenvalue weighted by Gasteiger charge is -2.10. The first-order chi connectivity index (χ1) is 10.7. The van der Waals surface area contributed by atoms with Crippen LogP contribution in [0.25, 0.3) is 11.3 Å². The number of carbonyl (C=O) groups is 1. The first-order valence-corrected chi connectivity index (χ1v) is 6.89. The summed E-state index contributed by atoms with van der Waals surface area (Å²) in [6, 6.07) is 14.2. The summed E-state index contributed by atoms with van der Waals surface area (Å²) in [7, 11) is 0. The van der Waals surface area contributed by atoms with Crippen molar-refractivity contribution in [2.45, 2.75) is 13.5 Å². The number of rotatable bonds is 4. The molecule has 0 aliphatic heterocycles. The van der Waals surface area contributed by atoms with Crippen LogP contribution in [0.4, 0.5) is 4.39 Å². The van der Waals surface area contributed by atoms with Crippen molar-refractivity contribution in [3.05, 3.63) is 71.2 Å². The van der Waals surface area contributed by atoms with Crippen LogP contribution in [-0.2, 0) is 6.54 Å². The molecule has 110 valence electrons. The van der Waals surface area contributed by atoms with E-state index in [2.05, 4.69) is 10.3 Å². The molecule has 0 saturated heterocycles. The van der Waals surface area contributed by atoms with Gasteiger partial charge in [0.15, 0.2) is 12.0 Å². The van der Waals surface area contributed by atoms with Gasteiger partial charge in [-0.1, -0.05) is 41.6 Å². The van der Waals surface area contributed by atoms with Gasteiger partial charge in [0.05, 0.1) is 6.54 Å². The minimum absolute atomic E-state index is 0.138. The Labute approximate surface area is 127 Å². The highest BCUT2D eigenvalue weighted by molar-refractivity contribution is 5.83. The smallest absolute Gasteiger partial charge is 0.172 e. The van der Waals surface area contributed by atoms with E-state index in [1.54, 1.807) is 22.9 Å². The van der Waals surface area contributed by atoms with Crippen LogP contribution < -0.4 is 0 Å². The Balaban J connectivity index is 2.11. The predicted molar refractivity (Wildman–Crippen MR) is 81.1 cm³/mol. The summed E-state index contributed by atoms with van der Waals surface area (Å²) in [6.07, 6.45) is 0.600. The van der Waals surface area contributed by atoms with E-state index in [0.717, 1.165) is 11.1 Å². The summed E-state index contributed by atoms with van der Waals surface area (Å²) in [5.74, 6) is -0.404. The fourth-order valence-corrected chi connectivity index (χ4v) is 2.40. The van der Waals surface area contributed by atoms with Crippen LogP contribution in [0.5, 0.6) is 0 Å². The molecule has 0 fully saturated rings. The standard InChI is InChI=1S/C17H14FN3O/c1-12-6-2-3-7-13(12)10-21-17(16(11-22)19-20-21)14-8-4-5-9-15(14)18/h2-9,11H,10H2,1H3. The highest BCUT2D eigenvalue weighted by Crippen LogP contribution is 2.25. The number of halogens is 1. The van der Waals surface area contributed by atoms with Crippen LogP contribution >= 0.6 is 0 Å². The Bertz CT molecular complexity index is 826. The number of nitrogens with zero attached hydrogens (tertiary/aromatic N) is 3. The van der Waals surface area contributed by atoms with Crippen LogP contribution in [0.3, 0.4) is 0 Å². The van der Waals surface area contributed by atoms with E-state index >= 15 is 0 Å². The average molecular weight is 295 g/mol. The van der Waals surface area contributed by atoms with Crippen molar-refractivity contribution in [3.63, 3.8) is 0 Å². The third-order valence-electron chi connectivity index (χ3n) is 3.58. The quantitative estimate of drug-likeness (QED) is 0.694. The highest BCUT2D eigenvalue weighted by Gasteiger charge is 2.18. The largest absolute Gasteiger partial charge is 0.296 e. The van der Waals surface area contributed by atoms with Gasteiger partial charge >= 0.3 is 0 Å². The van der Waals surface area contributed by atoms with Gasteiger partial charge in [0, 0.05) is 5.56 Å². The SMILES string of the molecule is Cc1ccccc1Cn1nnc(C=O)c1-c1ccccc1F. The van der Waals surface area contributed by atoms with Crippen LogP contribution in [0.1, 0.15) is 21.6 Å². The number of carbonyl (C=O) groups excluding carboxylic acids is 1. The molecule has 1 aromatic heterocycles. The second kappa shape index (κ2) is 5.89. The number of hydrogen-bond acceptors (Lipinski definition) is 3. The lowest BCUT2D eigenvalue weighted by Crippen LogP contribution is -2.06. The molecule has 22 heavy (non-hydrogen) atoms. The maximum Gasteiger partial charge on any atom is 0.172 e. The van der Waals surface area contributed by atoms with Crippen molar-refractivity contribution in [2.75, 3.05) is 0 Å². The Morgan fingerprint density at radius 1 is 1.14 bits per heavy atom. The maximum absolute atomic E-state index is 14.1. The summed E-state index contributed by atoms with van der Waals surface area (Å²) in [6.45, 7) is 2.42. The van der Waals surface area contributed by atoms with Gasteiger partial charge < -0.3 is 0 Å². The van der Waals surface area contributed by atoms with Gasteiger partial charge in [0.2, 0.25) is 0 Å². The van der Waals surface area contributed by atoms with Crippen molar-refractivity contribution >= 4 is 6.29 Å². The summed E-state index contributed by atoms with van der Waals surface area (Å²) >= 11 is 0. The minimum atomic E-state index is -0.404. The molecule has 0 unspecified atom stereocenters. The highest BCUT2D eigenvalue weighted by atomic mass is 19.1. The molecule has 3 rings (SSSR count). The Hall–Kier alpha value is -2.82. The van der Waals surface area contributed by atoms with Gasteiger partial charge in [-0.05, 0) is 30.2 Å². The maximum atomic E-state index is 14.1. The van der Waals surface area contributed by atoms with E-state index < -0.39 is 5.82 Å². The molecule has 2 aromatic carbocycles. The Kier molecular flexibility index (Phi) is 3.78. The summed E-state index contributed by atoms with van der Waals surface area (Å²) in [5.41, 5.74) is 3.01. The van der Waals surface area contributed by atoms with Gasteiger partial charge in [-0.3, -0.25) is 4.79 Å². The second-order valence-electron chi connectivity index (χ2n) is 5.01. The molecule has 0 N–H and O–H groups in total. The molecule has 0 radical (unpaired) electrons. The summed E-state index contributed by atoms with van der Waals surface area (Å²) < 4.78 is 15.6. The predicted octanol–water partition coefficient (Wildman–Crippen LogP) is 3.25. The molecule has 1 heterocycles. The molecule has 4 nitrogen and oxygen atoms in total. The van der Waals surface area contributed by atoms with Gasteiger partial charge in [0.25, 0.3) is 0 Å². The average Bonchev–Trinajstić information content (AvgIpc) is 2.93. The number of aryl methyl sites for hydroxylation is 1. The zero-order valence-electron chi connectivity index (χ0n) is 12.0. The second-order valence-corrected chi connectivity index (χ2v) is 5.01. The molecule has 3 aromatic rings. The van der Waals surface area contributed by atoms with Crippen LogP contribution in [0.15, 0.2) is 48.5 Å². The molecule has 0 saturated carbocycles. The lowest BCUT2D eigenvalue weighted by atomic mass is 10.1. The van der Waals surface area contributed by atoms with Gasteiger partial charge in [-0.2, -0.15) is 0 Å². The normalized spacial score (nSPS) is 10.6. The zero-order valence-corrected chi connectivity index (χ0v) is 12.0. The van der Waals surface area contributed by atoms with E-state index in [1.165, 1.54) is 6.07 Å². The summed E-state index contributed by atoms with van der Waals surface area (Å²) in [5, 5.41) is 7.87. The van der Waals surface area contributed by atoms with Crippen LogP contribution in [-0.4, -0.2) is 21.3 Å². The van der Waals surface area contributed by atoms with E-state index in [9.17, 15) is 9.18 Å². The Morgan fingerprint density at radius 3 is 2.59 bits per heavy atom. The fraction of sp³-hybridized carbons (Fsp3) is 0.118. The van der Waals surface area contributed by atoms with Crippen molar-refractivity contribution in [3.8, 4) is 11.3 Å². The monoisotopic (exact) mass is 295 g/mol. The molecule has 0 aliphatic carbocycles. The van der Waals surface area contributed by atoms with Crippen molar-refractivity contribution in [2.24, 2.45) is 0 Å². The zero-order chi connectivity index (χ0) is 15.5. The summed E-state index contributed by atoms with van der Waals surface area (Å²) in [4.78, 5) is 11.2. The third-order valence-corrected chi connectivity index (χ3v) is 3.58. The van der Waals surface area contributed by atoms with Crippen LogP contribution in [0, 0.1) is 12.7 Å². The molecular weight excluding hydrogens is 281 g/mol. The number of aromatic nitrogens is 3. The Morgan fingerprint density at radius 2 is 1.86 bits per heavy atom. The van der Waals surface area contributed by atoms with E-state index in [4.69, 9.17) is 0 Å². The van der Waals surface area contributed by atoms with E-state index in [-0.39, 0.29) is 5.69 Å². The number of benzene rings is 2. The first kappa shape index (κ1) is 14.1. The first-order valence-electron chi connectivity index (χ1n) is 6.89. The fourth-order valence-electron chi connectivity index (χ4n) is 2.40. The van der Waals surface area contributed by atoms with E-state index in [0.29, 0.717) is 24.1 Å². The third kappa shape index (κ3) is 2.53. The van der Waals surface area contributed by atoms with Crippen molar-refractivity contribution in [1.82, 2.24) is 15.0 Å². The number of aldehydes is 1. The molecule has 0 spiro atoms. The van der Waals surface area contributed by atoms with Crippen molar-refractivity contribution < 1.29 is 9.18 Å². The molecule has 5 heteroatoms. The van der Waals surface area contributed by atoms with Gasteiger partial charge in [-0.15, -0.1) is 5.10 Å². The lowest BCUT2D eigenvalue weighted by molar-refractivity contribution is 0.111. The number of hydrogen-bond donors (Lipinski definition) is 0. The molecular formula is C17H14FN3O. The molecule has 0 bridgehead atoms. The minimum Gasteiger partial charge on any atom is -0.296 e. The molecule has 0 atom stereocenters. The van der Waals surface area contributed by atoms with Gasteiger partial charge in [-0.25, -0.2) is 9.07 Å². The van der Waals surface area contributed by atoms with Crippen LogP contribution in [0.2, 0.25) is 0 Å². The van der Waals surface area contributed by atoms with Gasteiger partial charge in [0.1, 0.15) is 11.5 Å². The molecule has 0 amide bonds. The van der Waals surface area contributed by atoms with E-state index in [1.807, 2.05) is 31.2 Å². The van der Waals surface area contributed by atoms with Crippen molar-refractivity contribution in [1.29, 1.82) is 0 Å².